The van der Waals surface area contributed by atoms with Crippen molar-refractivity contribution in [1.29, 1.82) is 0 Å². The Balaban J connectivity index is 1.91. The van der Waals surface area contributed by atoms with E-state index in [1.54, 1.807) is 12.0 Å². The second kappa shape index (κ2) is 4.69. The number of quaternary nitrogens is 1. The van der Waals surface area contributed by atoms with Crippen molar-refractivity contribution in [3.8, 4) is 0 Å². The number of ether oxygens (including phenoxy) is 1. The molecule has 0 saturated carbocycles. The first kappa shape index (κ1) is 8.02. The Labute approximate surface area is 63.2 Å². The molecule has 0 aromatic rings. The third-order valence-corrected chi connectivity index (χ3v) is 2.19. The van der Waals surface area contributed by atoms with Gasteiger partial charge in [0.1, 0.15) is 0 Å². The minimum atomic E-state index is 0.934. The van der Waals surface area contributed by atoms with Crippen LogP contribution in [0.5, 0.6) is 0 Å². The van der Waals surface area contributed by atoms with Gasteiger partial charge in [-0.05, 0) is 0 Å². The van der Waals surface area contributed by atoms with Crippen LogP contribution in [0.25, 0.3) is 0 Å². The first-order valence-corrected chi connectivity index (χ1v) is 4.26. The van der Waals surface area contributed by atoms with Crippen LogP contribution < -0.4 is 4.90 Å². The Morgan fingerprint density at radius 1 is 1.30 bits per heavy atom. The van der Waals surface area contributed by atoms with Crippen LogP contribution in [-0.4, -0.2) is 33.4 Å². The lowest BCUT2D eigenvalue weighted by molar-refractivity contribution is -0.887. The molecule has 0 aromatic carbocycles. The van der Waals surface area contributed by atoms with Gasteiger partial charge >= 0.3 is 0 Å². The van der Waals surface area contributed by atoms with E-state index in [9.17, 15) is 0 Å². The van der Waals surface area contributed by atoms with Gasteiger partial charge in [0.15, 0.2) is 0 Å². The van der Waals surface area contributed by atoms with E-state index in [0.29, 0.717) is 0 Å². The van der Waals surface area contributed by atoms with Crippen LogP contribution in [0.3, 0.4) is 0 Å². The van der Waals surface area contributed by atoms with E-state index >= 15 is 0 Å². The summed E-state index contributed by atoms with van der Waals surface area (Å²) in [5.74, 6) is 0. The number of rotatable bonds is 4. The van der Waals surface area contributed by atoms with Crippen LogP contribution >= 0.6 is 0 Å². The Morgan fingerprint density at radius 2 is 2.00 bits per heavy atom. The number of likely N-dealkylation sites (tertiary alicyclic amines) is 1. The average molecular weight is 144 g/mol. The fourth-order valence-corrected chi connectivity index (χ4v) is 1.59. The Bertz CT molecular complexity index is 79.3. The van der Waals surface area contributed by atoms with Crippen molar-refractivity contribution in [1.82, 2.24) is 0 Å². The zero-order valence-corrected chi connectivity index (χ0v) is 6.86. The maximum atomic E-state index is 4.99. The molecule has 0 radical (unpaired) electrons. The molecule has 0 unspecified atom stereocenters. The van der Waals surface area contributed by atoms with Gasteiger partial charge < -0.3 is 9.64 Å². The smallest absolute Gasteiger partial charge is 0.0793 e. The van der Waals surface area contributed by atoms with E-state index in [4.69, 9.17) is 4.74 Å². The number of methoxy groups -OCH3 is 1. The molecule has 2 nitrogen and oxygen atoms in total. The summed E-state index contributed by atoms with van der Waals surface area (Å²) < 4.78 is 4.99. The summed E-state index contributed by atoms with van der Waals surface area (Å²) in [5.41, 5.74) is 0. The van der Waals surface area contributed by atoms with Crippen LogP contribution in [0.2, 0.25) is 0 Å². The van der Waals surface area contributed by atoms with Gasteiger partial charge in [0.25, 0.3) is 0 Å². The van der Waals surface area contributed by atoms with E-state index in [1.165, 1.54) is 38.9 Å². The highest BCUT2D eigenvalue weighted by Gasteiger charge is 2.13. The molecule has 1 fully saturated rings. The highest BCUT2D eigenvalue weighted by atomic mass is 16.5. The van der Waals surface area contributed by atoms with Gasteiger partial charge in [-0.2, -0.15) is 0 Å². The highest BCUT2D eigenvalue weighted by Crippen LogP contribution is 1.87. The first-order valence-electron chi connectivity index (χ1n) is 4.26. The van der Waals surface area contributed by atoms with Crippen LogP contribution in [0.1, 0.15) is 19.3 Å². The molecule has 1 saturated heterocycles. The van der Waals surface area contributed by atoms with Crippen molar-refractivity contribution in [2.45, 2.75) is 19.3 Å². The van der Waals surface area contributed by atoms with Gasteiger partial charge in [0.2, 0.25) is 0 Å². The lowest BCUT2D eigenvalue weighted by Crippen LogP contribution is -3.10. The normalized spacial score (nSPS) is 20.1. The molecular formula is C8H18NO+. The highest BCUT2D eigenvalue weighted by molar-refractivity contribution is 4.44. The number of hydrogen-bond acceptors (Lipinski definition) is 1. The Kier molecular flexibility index (Phi) is 3.76. The predicted molar refractivity (Wildman–Crippen MR) is 41.3 cm³/mol. The Hall–Kier alpha value is -0.0800. The molecule has 0 bridgehead atoms. The third kappa shape index (κ3) is 2.67. The summed E-state index contributed by atoms with van der Waals surface area (Å²) >= 11 is 0. The molecule has 2 heteroatoms. The van der Waals surface area contributed by atoms with Crippen molar-refractivity contribution >= 4 is 0 Å². The van der Waals surface area contributed by atoms with Crippen molar-refractivity contribution in [2.24, 2.45) is 0 Å². The number of hydrogen-bond donors (Lipinski definition) is 1. The molecule has 0 amide bonds. The molecule has 60 valence electrons. The molecule has 0 aromatic heterocycles. The van der Waals surface area contributed by atoms with Crippen molar-refractivity contribution < 1.29 is 9.64 Å². The summed E-state index contributed by atoms with van der Waals surface area (Å²) in [7, 11) is 1.78. The van der Waals surface area contributed by atoms with Gasteiger partial charge in [-0.15, -0.1) is 0 Å². The molecule has 0 spiro atoms. The quantitative estimate of drug-likeness (QED) is 0.535. The maximum absolute atomic E-state index is 4.99. The van der Waals surface area contributed by atoms with Crippen molar-refractivity contribution in [2.75, 3.05) is 33.4 Å². The fourth-order valence-electron chi connectivity index (χ4n) is 1.59. The van der Waals surface area contributed by atoms with Crippen LogP contribution in [-0.2, 0) is 4.74 Å². The van der Waals surface area contributed by atoms with Crippen LogP contribution in [0.4, 0.5) is 0 Å². The van der Waals surface area contributed by atoms with Gasteiger partial charge in [-0.1, -0.05) is 0 Å². The predicted octanol–water partition coefficient (Wildman–Crippen LogP) is -0.298. The molecule has 1 N–H and O–H groups in total. The average Bonchev–Trinajstić information content (AvgIpc) is 2.41. The monoisotopic (exact) mass is 144 g/mol. The topological polar surface area (TPSA) is 13.7 Å². The number of nitrogens with one attached hydrogen (secondary N) is 1. The molecule has 0 aliphatic carbocycles. The van der Waals surface area contributed by atoms with E-state index < -0.39 is 0 Å². The van der Waals surface area contributed by atoms with E-state index in [0.717, 1.165) is 6.61 Å². The molecule has 1 aliphatic heterocycles. The van der Waals surface area contributed by atoms with Gasteiger partial charge in [0.05, 0.1) is 26.2 Å². The third-order valence-electron chi connectivity index (χ3n) is 2.19. The molecule has 10 heavy (non-hydrogen) atoms. The Morgan fingerprint density at radius 3 is 2.60 bits per heavy atom. The SMILES string of the molecule is COCCC[NH+]1CCCC1. The minimum Gasteiger partial charge on any atom is -0.384 e. The lowest BCUT2D eigenvalue weighted by Gasteiger charge is -2.10. The van der Waals surface area contributed by atoms with Gasteiger partial charge in [0, 0.05) is 26.4 Å². The molecule has 1 heterocycles. The van der Waals surface area contributed by atoms with Crippen LogP contribution in [0.15, 0.2) is 0 Å². The van der Waals surface area contributed by atoms with Gasteiger partial charge in [-0.3, -0.25) is 0 Å². The fraction of sp³-hybridized carbons (Fsp3) is 1.00. The van der Waals surface area contributed by atoms with Gasteiger partial charge in [-0.25, -0.2) is 0 Å². The van der Waals surface area contributed by atoms with Crippen LogP contribution in [0, 0.1) is 0 Å². The van der Waals surface area contributed by atoms with E-state index in [1.807, 2.05) is 0 Å². The summed E-state index contributed by atoms with van der Waals surface area (Å²) in [6.45, 7) is 5.03. The molecule has 0 atom stereocenters. The van der Waals surface area contributed by atoms with E-state index in [-0.39, 0.29) is 0 Å². The summed E-state index contributed by atoms with van der Waals surface area (Å²) in [4.78, 5) is 1.78. The maximum Gasteiger partial charge on any atom is 0.0793 e. The van der Waals surface area contributed by atoms with Crippen molar-refractivity contribution in [3.63, 3.8) is 0 Å². The minimum absolute atomic E-state index is 0.934. The lowest BCUT2D eigenvalue weighted by atomic mass is 10.4. The second-order valence-electron chi connectivity index (χ2n) is 3.05. The zero-order chi connectivity index (χ0) is 7.23. The molecular weight excluding hydrogens is 126 g/mol. The largest absolute Gasteiger partial charge is 0.384 e. The van der Waals surface area contributed by atoms with Crippen molar-refractivity contribution in [3.05, 3.63) is 0 Å². The molecule has 1 aliphatic rings. The first-order chi connectivity index (χ1) is 4.93. The van der Waals surface area contributed by atoms with E-state index in [2.05, 4.69) is 0 Å². The standard InChI is InChI=1S/C8H17NO/c1-10-8-4-7-9-5-2-3-6-9/h2-8H2,1H3/p+1. The summed E-state index contributed by atoms with van der Waals surface area (Å²) in [6.07, 6.45) is 4.09. The zero-order valence-electron chi connectivity index (χ0n) is 6.86. The second-order valence-corrected chi connectivity index (χ2v) is 3.05. The molecule has 1 rings (SSSR count). The summed E-state index contributed by atoms with van der Waals surface area (Å²) in [6, 6.07) is 0. The summed E-state index contributed by atoms with van der Waals surface area (Å²) in [5, 5.41) is 0.